The van der Waals surface area contributed by atoms with Gasteiger partial charge in [0.25, 0.3) is 0 Å². The summed E-state index contributed by atoms with van der Waals surface area (Å²) in [5.41, 5.74) is 2.79. The summed E-state index contributed by atoms with van der Waals surface area (Å²) in [6.07, 6.45) is 5.52. The Morgan fingerprint density at radius 1 is 1.12 bits per heavy atom. The lowest BCUT2D eigenvalue weighted by molar-refractivity contribution is 0.582. The maximum absolute atomic E-state index is 13.1. The van der Waals surface area contributed by atoms with E-state index in [2.05, 4.69) is 34.7 Å². The molecule has 122 valence electrons. The van der Waals surface area contributed by atoms with Crippen molar-refractivity contribution in [2.24, 2.45) is 0 Å². The zero-order valence-electron chi connectivity index (χ0n) is 13.5. The van der Waals surface area contributed by atoms with Crippen LogP contribution in [0.1, 0.15) is 24.0 Å². The Labute approximate surface area is 140 Å². The fourth-order valence-electron chi connectivity index (χ4n) is 2.81. The van der Waals surface area contributed by atoms with Crippen molar-refractivity contribution in [3.05, 3.63) is 70.9 Å². The molecule has 1 saturated heterocycles. The Kier molecular flexibility index (Phi) is 4.90. The van der Waals surface area contributed by atoms with Gasteiger partial charge in [-0.05, 0) is 49.6 Å². The molecular formula is C20H18F2N2. The summed E-state index contributed by atoms with van der Waals surface area (Å²) in [6.45, 7) is 3.87. The minimum atomic E-state index is -0.606. The molecule has 1 aliphatic rings. The van der Waals surface area contributed by atoms with Gasteiger partial charge in [0.15, 0.2) is 0 Å². The van der Waals surface area contributed by atoms with E-state index >= 15 is 0 Å². The number of aryl methyl sites for hydroxylation is 1. The van der Waals surface area contributed by atoms with Crippen LogP contribution in [0.3, 0.4) is 0 Å². The Hall–Kier alpha value is -2.67. The van der Waals surface area contributed by atoms with E-state index in [1.54, 1.807) is 0 Å². The van der Waals surface area contributed by atoms with Crippen molar-refractivity contribution < 1.29 is 8.78 Å². The fraction of sp³-hybridized carbons (Fsp3) is 0.250. The molecule has 0 unspecified atom stereocenters. The number of hydrogen-bond donors (Lipinski definition) is 0. The number of benzene rings is 1. The highest BCUT2D eigenvalue weighted by molar-refractivity contribution is 5.47. The number of piperidine rings is 1. The molecule has 1 aromatic carbocycles. The largest absolute Gasteiger partial charge is 0.356 e. The lowest BCUT2D eigenvalue weighted by Gasteiger charge is -2.30. The maximum atomic E-state index is 13.1. The van der Waals surface area contributed by atoms with E-state index in [-0.39, 0.29) is 0 Å². The van der Waals surface area contributed by atoms with E-state index in [0.717, 1.165) is 37.8 Å². The molecule has 0 aliphatic carbocycles. The van der Waals surface area contributed by atoms with E-state index in [4.69, 9.17) is 0 Å². The number of halogens is 2. The van der Waals surface area contributed by atoms with Gasteiger partial charge in [0.2, 0.25) is 0 Å². The molecule has 0 spiro atoms. The lowest BCUT2D eigenvalue weighted by Crippen LogP contribution is -2.31. The van der Waals surface area contributed by atoms with E-state index in [1.165, 1.54) is 23.3 Å². The number of hydrogen-bond acceptors (Lipinski definition) is 2. The summed E-state index contributed by atoms with van der Waals surface area (Å²) in [6, 6.07) is 7.33. The van der Waals surface area contributed by atoms with Crippen LogP contribution in [0.2, 0.25) is 0 Å². The average Bonchev–Trinajstić information content (AvgIpc) is 2.55. The van der Waals surface area contributed by atoms with Gasteiger partial charge in [0, 0.05) is 30.9 Å². The minimum absolute atomic E-state index is 0.353. The van der Waals surface area contributed by atoms with E-state index in [1.807, 2.05) is 18.3 Å². The predicted octanol–water partition coefficient (Wildman–Crippen LogP) is 4.25. The fourth-order valence-corrected chi connectivity index (χ4v) is 2.81. The van der Waals surface area contributed by atoms with Crippen molar-refractivity contribution >= 4 is 5.82 Å². The summed E-state index contributed by atoms with van der Waals surface area (Å²) < 4.78 is 26.2. The average molecular weight is 324 g/mol. The first-order chi connectivity index (χ1) is 11.6. The highest BCUT2D eigenvalue weighted by Gasteiger charge is 2.16. The van der Waals surface area contributed by atoms with Crippen LogP contribution in [0, 0.1) is 30.4 Å². The maximum Gasteiger partial charge on any atom is 0.131 e. The van der Waals surface area contributed by atoms with Gasteiger partial charge in [-0.25, -0.2) is 13.8 Å². The molecule has 2 nitrogen and oxygen atoms in total. The molecule has 24 heavy (non-hydrogen) atoms. The molecule has 0 atom stereocenters. The number of nitrogens with zero attached hydrogens (tertiary/aromatic N) is 2. The second-order valence-corrected chi connectivity index (χ2v) is 5.86. The first-order valence-electron chi connectivity index (χ1n) is 7.94. The monoisotopic (exact) mass is 324 g/mol. The second-order valence-electron chi connectivity index (χ2n) is 5.86. The first-order valence-corrected chi connectivity index (χ1v) is 7.94. The lowest BCUT2D eigenvalue weighted by atomic mass is 10.0. The molecule has 1 aromatic heterocycles. The molecule has 0 radical (unpaired) electrons. The molecule has 0 bridgehead atoms. The third-order valence-corrected chi connectivity index (χ3v) is 4.04. The number of anilines is 1. The molecule has 3 rings (SSSR count). The predicted molar refractivity (Wildman–Crippen MR) is 91.7 cm³/mol. The van der Waals surface area contributed by atoms with Gasteiger partial charge < -0.3 is 4.90 Å². The zero-order valence-corrected chi connectivity index (χ0v) is 13.5. The number of pyridine rings is 1. The van der Waals surface area contributed by atoms with Crippen LogP contribution < -0.4 is 4.90 Å². The number of allylic oxidation sites excluding steroid dienone is 1. The van der Waals surface area contributed by atoms with Crippen molar-refractivity contribution in [1.82, 2.24) is 4.98 Å². The SMILES string of the molecule is Cc1cccnc1N1CCC(=CC#Cc2cc(F)cc(F)c2)CC1. The Balaban J connectivity index is 1.64. The van der Waals surface area contributed by atoms with Crippen LogP contribution in [0.25, 0.3) is 0 Å². The summed E-state index contributed by atoms with van der Waals surface area (Å²) >= 11 is 0. The highest BCUT2D eigenvalue weighted by Crippen LogP contribution is 2.23. The summed E-state index contributed by atoms with van der Waals surface area (Å²) in [5, 5.41) is 0. The summed E-state index contributed by atoms with van der Waals surface area (Å²) in [7, 11) is 0. The third kappa shape index (κ3) is 3.99. The summed E-state index contributed by atoms with van der Waals surface area (Å²) in [5.74, 6) is 5.53. The van der Waals surface area contributed by atoms with Crippen LogP contribution in [-0.2, 0) is 0 Å². The number of aromatic nitrogens is 1. The summed E-state index contributed by atoms with van der Waals surface area (Å²) in [4.78, 5) is 6.73. The Morgan fingerprint density at radius 2 is 1.83 bits per heavy atom. The van der Waals surface area contributed by atoms with Crippen LogP contribution in [0.4, 0.5) is 14.6 Å². The molecule has 1 fully saturated rings. The molecule has 0 saturated carbocycles. The molecule has 2 aromatic rings. The Bertz CT molecular complexity index is 801. The Morgan fingerprint density at radius 3 is 2.50 bits per heavy atom. The number of rotatable bonds is 1. The van der Waals surface area contributed by atoms with Crippen LogP contribution >= 0.6 is 0 Å². The molecule has 4 heteroatoms. The second kappa shape index (κ2) is 7.27. The van der Waals surface area contributed by atoms with E-state index in [9.17, 15) is 8.78 Å². The van der Waals surface area contributed by atoms with Gasteiger partial charge in [-0.1, -0.05) is 23.5 Å². The van der Waals surface area contributed by atoms with Crippen molar-refractivity contribution in [1.29, 1.82) is 0 Å². The van der Waals surface area contributed by atoms with E-state index in [0.29, 0.717) is 5.56 Å². The van der Waals surface area contributed by atoms with Gasteiger partial charge in [0.05, 0.1) is 0 Å². The standard InChI is InChI=1S/C20H18F2N2/c1-15-4-3-9-23-20(15)24-10-7-16(8-11-24)5-2-6-17-12-18(21)14-19(22)13-17/h3-5,9,12-14H,7-8,10-11H2,1H3. The van der Waals surface area contributed by atoms with Crippen molar-refractivity contribution in [3.8, 4) is 11.8 Å². The van der Waals surface area contributed by atoms with Crippen molar-refractivity contribution in [2.45, 2.75) is 19.8 Å². The van der Waals surface area contributed by atoms with Gasteiger partial charge in [-0.15, -0.1) is 0 Å². The van der Waals surface area contributed by atoms with Crippen LogP contribution in [0.15, 0.2) is 48.2 Å². The van der Waals surface area contributed by atoms with Crippen LogP contribution in [0.5, 0.6) is 0 Å². The third-order valence-electron chi connectivity index (χ3n) is 4.04. The quantitative estimate of drug-likeness (QED) is 0.729. The minimum Gasteiger partial charge on any atom is -0.356 e. The molecule has 1 aliphatic heterocycles. The highest BCUT2D eigenvalue weighted by atomic mass is 19.1. The van der Waals surface area contributed by atoms with E-state index < -0.39 is 11.6 Å². The molecule has 0 N–H and O–H groups in total. The topological polar surface area (TPSA) is 16.1 Å². The van der Waals surface area contributed by atoms with Crippen molar-refractivity contribution in [2.75, 3.05) is 18.0 Å². The van der Waals surface area contributed by atoms with Crippen molar-refractivity contribution in [3.63, 3.8) is 0 Å². The van der Waals surface area contributed by atoms with Gasteiger partial charge in [0.1, 0.15) is 17.5 Å². The van der Waals surface area contributed by atoms with Gasteiger partial charge in [-0.3, -0.25) is 0 Å². The zero-order chi connectivity index (χ0) is 16.9. The smallest absolute Gasteiger partial charge is 0.131 e. The van der Waals surface area contributed by atoms with Gasteiger partial charge in [-0.2, -0.15) is 0 Å². The molecule has 0 amide bonds. The molecular weight excluding hydrogens is 306 g/mol. The van der Waals surface area contributed by atoms with Crippen LogP contribution in [-0.4, -0.2) is 18.1 Å². The molecule has 2 heterocycles. The van der Waals surface area contributed by atoms with Gasteiger partial charge >= 0.3 is 0 Å². The first kappa shape index (κ1) is 16.2. The normalized spacial score (nSPS) is 14.1.